The molecule has 0 unspecified atom stereocenters. The highest BCUT2D eigenvalue weighted by Crippen LogP contribution is 2.34. The number of hydrogen-bond donors (Lipinski definition) is 0. The van der Waals surface area contributed by atoms with E-state index < -0.39 is 16.4 Å². The third-order valence-electron chi connectivity index (χ3n) is 5.57. The van der Waals surface area contributed by atoms with Crippen LogP contribution in [0, 0.1) is 0 Å². The fourth-order valence-electron chi connectivity index (χ4n) is 3.12. The first-order chi connectivity index (χ1) is 11.8. The molecule has 0 atom stereocenters. The van der Waals surface area contributed by atoms with Crippen LogP contribution in [0.15, 0.2) is 12.2 Å². The van der Waals surface area contributed by atoms with Gasteiger partial charge in [-0.25, -0.2) is 4.79 Å². The van der Waals surface area contributed by atoms with Crippen LogP contribution in [0.1, 0.15) is 66.2 Å². The lowest BCUT2D eigenvalue weighted by molar-refractivity contribution is -0.139. The predicted molar refractivity (Wildman–Crippen MR) is 119 cm³/mol. The van der Waals surface area contributed by atoms with Crippen molar-refractivity contribution in [2.75, 3.05) is 6.61 Å². The van der Waals surface area contributed by atoms with Gasteiger partial charge in [-0.1, -0.05) is 64.7 Å². The summed E-state index contributed by atoms with van der Waals surface area (Å²) in [5.41, 5.74) is 0.472. The highest BCUT2D eigenvalue weighted by Gasteiger charge is 2.43. The monoisotopic (exact) mass is 400 g/mol. The first-order valence-electron chi connectivity index (χ1n) is 10.4. The molecule has 0 radical (unpaired) electrons. The summed E-state index contributed by atoms with van der Waals surface area (Å²) in [6, 6.07) is 2.52. The number of carbonyl (C=O) groups is 1. The van der Waals surface area contributed by atoms with Crippen LogP contribution in [0.25, 0.3) is 0 Å². The first kappa shape index (κ1) is 25.6. The predicted octanol–water partition coefficient (Wildman–Crippen LogP) is 6.71. The van der Waals surface area contributed by atoms with Crippen molar-refractivity contribution in [3.05, 3.63) is 12.2 Å². The summed E-state index contributed by atoms with van der Waals surface area (Å²) >= 11 is 0. The molecule has 26 heavy (non-hydrogen) atoms. The van der Waals surface area contributed by atoms with Crippen molar-refractivity contribution in [3.63, 3.8) is 0 Å². The molecule has 0 aliphatic rings. The molecule has 0 fully saturated rings. The van der Waals surface area contributed by atoms with Gasteiger partial charge in [-0.2, -0.15) is 0 Å². The molecule has 0 aliphatic carbocycles. The number of carbonyl (C=O) groups excluding carboxylic acids is 1. The fraction of sp³-hybridized carbons (Fsp3) is 0.857. The molecule has 0 aromatic carbocycles. The van der Waals surface area contributed by atoms with Gasteiger partial charge in [-0.05, 0) is 46.3 Å². The molecule has 154 valence electrons. The van der Waals surface area contributed by atoms with E-state index in [1.165, 1.54) is 31.4 Å². The van der Waals surface area contributed by atoms with Crippen molar-refractivity contribution in [3.8, 4) is 0 Å². The van der Waals surface area contributed by atoms with Gasteiger partial charge in [-0.3, -0.25) is 0 Å². The zero-order chi connectivity index (χ0) is 20.4. The van der Waals surface area contributed by atoms with Gasteiger partial charge in [0.2, 0.25) is 0 Å². The molecule has 0 saturated heterocycles. The third kappa shape index (κ3) is 10.1. The van der Waals surface area contributed by atoms with Crippen LogP contribution in [-0.2, 0) is 14.0 Å². The molecule has 5 heteroatoms. The van der Waals surface area contributed by atoms with Crippen molar-refractivity contribution in [1.82, 2.24) is 0 Å². The van der Waals surface area contributed by atoms with Crippen LogP contribution in [-0.4, -0.2) is 34.2 Å². The van der Waals surface area contributed by atoms with E-state index in [-0.39, 0.29) is 11.2 Å². The summed E-state index contributed by atoms with van der Waals surface area (Å²) in [6.07, 6.45) is 7.12. The van der Waals surface area contributed by atoms with E-state index in [1.807, 2.05) is 0 Å². The van der Waals surface area contributed by atoms with E-state index in [0.29, 0.717) is 12.2 Å². The molecule has 0 spiro atoms. The Balaban J connectivity index is 4.28. The maximum atomic E-state index is 11.3. The molecule has 0 N–H and O–H groups in total. The molecular weight excluding hydrogens is 356 g/mol. The Labute approximate surface area is 165 Å². The first-order valence-corrected chi connectivity index (χ1v) is 16.7. The number of unbranched alkanes of at least 4 members (excludes halogenated alkanes) is 4. The second kappa shape index (κ2) is 11.4. The Kier molecular flexibility index (Phi) is 11.3. The van der Waals surface area contributed by atoms with Crippen molar-refractivity contribution >= 4 is 22.4 Å². The van der Waals surface area contributed by atoms with Gasteiger partial charge in [0.15, 0.2) is 8.32 Å². The molecule has 0 aliphatic heterocycles. The largest absolute Gasteiger partial charge is 0.462 e. The van der Waals surface area contributed by atoms with Crippen LogP contribution >= 0.6 is 0 Å². The minimum absolute atomic E-state index is 0.0352. The van der Waals surface area contributed by atoms with E-state index in [4.69, 9.17) is 9.16 Å². The minimum Gasteiger partial charge on any atom is -0.462 e. The minimum atomic E-state index is -1.68. The number of rotatable bonds is 14. The number of esters is 1. The molecule has 0 amide bonds. The molecule has 0 bridgehead atoms. The molecular formula is C21H44O3Si2. The van der Waals surface area contributed by atoms with Crippen LogP contribution < -0.4 is 0 Å². The summed E-state index contributed by atoms with van der Waals surface area (Å²) in [6.45, 7) is 22.4. The van der Waals surface area contributed by atoms with Gasteiger partial charge in [0, 0.05) is 10.8 Å². The zero-order valence-electron chi connectivity index (χ0n) is 18.8. The van der Waals surface area contributed by atoms with E-state index in [0.717, 1.165) is 19.3 Å². The number of ether oxygens (including phenoxy) is 1. The molecule has 0 saturated carbocycles. The van der Waals surface area contributed by atoms with E-state index in [9.17, 15) is 4.79 Å². The maximum Gasteiger partial charge on any atom is 0.333 e. The summed E-state index contributed by atoms with van der Waals surface area (Å²) in [4.78, 5) is 11.3. The van der Waals surface area contributed by atoms with Gasteiger partial charge < -0.3 is 9.16 Å². The topological polar surface area (TPSA) is 35.5 Å². The van der Waals surface area contributed by atoms with Gasteiger partial charge in [0.25, 0.3) is 0 Å². The smallest absolute Gasteiger partial charge is 0.333 e. The highest BCUT2D eigenvalue weighted by molar-refractivity contribution is 6.81. The maximum absolute atomic E-state index is 11.3. The van der Waals surface area contributed by atoms with E-state index in [2.05, 4.69) is 53.5 Å². The van der Waals surface area contributed by atoms with Gasteiger partial charge in [0.1, 0.15) is 0 Å². The Morgan fingerprint density at radius 3 is 2.08 bits per heavy atom. The molecule has 3 nitrogen and oxygen atoms in total. The lowest BCUT2D eigenvalue weighted by Crippen LogP contribution is -2.56. The average molecular weight is 401 g/mol. The SMILES string of the molecule is C=C(C)C(=O)OCCCCC[Si](C)(C)OC(C)(C)[Si](C)(C)CCCCC. The zero-order valence-corrected chi connectivity index (χ0v) is 20.8. The lowest BCUT2D eigenvalue weighted by Gasteiger charge is -2.45. The Bertz CT molecular complexity index is 443. The Hall–Kier alpha value is -0.396. The number of hydrogen-bond acceptors (Lipinski definition) is 3. The van der Waals surface area contributed by atoms with Crippen LogP contribution in [0.4, 0.5) is 0 Å². The van der Waals surface area contributed by atoms with Crippen molar-refractivity contribution in [1.29, 1.82) is 0 Å². The fourth-order valence-corrected chi connectivity index (χ4v) is 9.37. The standard InChI is InChI=1S/C21H44O3Si2/c1-10-11-14-17-25(6,7)21(4,5)24-26(8,9)18-15-12-13-16-23-20(22)19(2)3/h2,10-18H2,1,3-9H3. The van der Waals surface area contributed by atoms with Crippen molar-refractivity contribution in [2.45, 2.75) is 110 Å². The summed E-state index contributed by atoms with van der Waals surface area (Å²) in [5.74, 6) is -0.278. The third-order valence-corrected chi connectivity index (χ3v) is 13.4. The van der Waals surface area contributed by atoms with E-state index >= 15 is 0 Å². The van der Waals surface area contributed by atoms with Crippen LogP contribution in [0.3, 0.4) is 0 Å². The van der Waals surface area contributed by atoms with Gasteiger partial charge >= 0.3 is 5.97 Å². The Morgan fingerprint density at radius 2 is 1.54 bits per heavy atom. The Morgan fingerprint density at radius 1 is 0.962 bits per heavy atom. The quantitative estimate of drug-likeness (QED) is 0.141. The van der Waals surface area contributed by atoms with Gasteiger partial charge in [-0.15, -0.1) is 0 Å². The lowest BCUT2D eigenvalue weighted by atomic mass is 10.3. The molecule has 0 rings (SSSR count). The highest BCUT2D eigenvalue weighted by atomic mass is 28.4. The molecule has 0 aromatic rings. The summed E-state index contributed by atoms with van der Waals surface area (Å²) in [5, 5.41) is 0.0352. The summed E-state index contributed by atoms with van der Waals surface area (Å²) in [7, 11) is -3.10. The molecule has 0 heterocycles. The van der Waals surface area contributed by atoms with Crippen LogP contribution in [0.5, 0.6) is 0 Å². The second-order valence-electron chi connectivity index (χ2n) is 9.44. The normalized spacial score (nSPS) is 12.9. The second-order valence-corrected chi connectivity index (χ2v) is 19.1. The van der Waals surface area contributed by atoms with E-state index in [1.54, 1.807) is 6.92 Å². The van der Waals surface area contributed by atoms with Gasteiger partial charge in [0.05, 0.1) is 14.7 Å². The van der Waals surface area contributed by atoms with Crippen molar-refractivity contribution in [2.24, 2.45) is 0 Å². The summed E-state index contributed by atoms with van der Waals surface area (Å²) < 4.78 is 12.0. The van der Waals surface area contributed by atoms with Crippen molar-refractivity contribution < 1.29 is 14.0 Å². The average Bonchev–Trinajstić information content (AvgIpc) is 2.49. The van der Waals surface area contributed by atoms with Crippen LogP contribution in [0.2, 0.25) is 38.3 Å². The molecule has 0 aromatic heterocycles.